The molecule has 1 N–H and O–H groups in total. The Bertz CT molecular complexity index is 978. The Labute approximate surface area is 170 Å². The van der Waals surface area contributed by atoms with Gasteiger partial charge in [0.15, 0.2) is 11.5 Å². The number of ether oxygens (including phenoxy) is 2. The highest BCUT2D eigenvalue weighted by atomic mass is 35.5. The quantitative estimate of drug-likeness (QED) is 0.613. The SMILES string of the molecule is O=C(CSc1nnc(-c2ccc(Cl)cc2)o1)NCc1cccc2c1OCCO2. The number of para-hydroxylation sites is 1. The first-order valence-corrected chi connectivity index (χ1v) is 9.92. The number of fused-ring (bicyclic) bond motifs is 1. The van der Waals surface area contributed by atoms with E-state index in [1.54, 1.807) is 24.3 Å². The predicted molar refractivity (Wildman–Crippen MR) is 105 cm³/mol. The Balaban J connectivity index is 1.30. The first-order valence-electron chi connectivity index (χ1n) is 8.55. The molecule has 28 heavy (non-hydrogen) atoms. The van der Waals surface area contributed by atoms with Crippen LogP contribution in [-0.4, -0.2) is 35.1 Å². The van der Waals surface area contributed by atoms with Crippen molar-refractivity contribution >= 4 is 29.3 Å². The van der Waals surface area contributed by atoms with E-state index in [0.717, 1.165) is 11.1 Å². The van der Waals surface area contributed by atoms with E-state index in [-0.39, 0.29) is 11.7 Å². The highest BCUT2D eigenvalue weighted by molar-refractivity contribution is 7.99. The van der Waals surface area contributed by atoms with E-state index < -0.39 is 0 Å². The first-order chi connectivity index (χ1) is 13.7. The maximum Gasteiger partial charge on any atom is 0.277 e. The van der Waals surface area contributed by atoms with Crippen LogP contribution in [0.25, 0.3) is 11.5 Å². The molecule has 0 atom stereocenters. The number of halogens is 1. The second-order valence-corrected chi connectivity index (χ2v) is 7.25. The summed E-state index contributed by atoms with van der Waals surface area (Å²) in [5.74, 6) is 1.78. The minimum atomic E-state index is -0.148. The van der Waals surface area contributed by atoms with Crippen molar-refractivity contribution in [1.82, 2.24) is 15.5 Å². The van der Waals surface area contributed by atoms with Gasteiger partial charge in [-0.2, -0.15) is 0 Å². The van der Waals surface area contributed by atoms with E-state index in [1.807, 2.05) is 18.2 Å². The van der Waals surface area contributed by atoms with E-state index in [1.165, 1.54) is 11.8 Å². The zero-order chi connectivity index (χ0) is 19.3. The van der Waals surface area contributed by atoms with Gasteiger partial charge in [-0.25, -0.2) is 0 Å². The average Bonchev–Trinajstić information content (AvgIpc) is 3.20. The summed E-state index contributed by atoms with van der Waals surface area (Å²) < 4.78 is 16.8. The average molecular weight is 418 g/mol. The molecule has 0 fully saturated rings. The van der Waals surface area contributed by atoms with Gasteiger partial charge in [0.2, 0.25) is 11.8 Å². The molecule has 1 aliphatic heterocycles. The molecule has 0 saturated carbocycles. The number of amides is 1. The van der Waals surface area contributed by atoms with Crippen molar-refractivity contribution in [2.75, 3.05) is 19.0 Å². The fraction of sp³-hybridized carbons (Fsp3) is 0.211. The van der Waals surface area contributed by atoms with Gasteiger partial charge in [-0.3, -0.25) is 4.79 Å². The molecule has 3 aromatic rings. The summed E-state index contributed by atoms with van der Waals surface area (Å²) in [5.41, 5.74) is 1.64. The Morgan fingerprint density at radius 3 is 2.79 bits per heavy atom. The minimum Gasteiger partial charge on any atom is -0.486 e. The maximum absolute atomic E-state index is 12.2. The molecule has 0 saturated heterocycles. The molecule has 7 nitrogen and oxygen atoms in total. The van der Waals surface area contributed by atoms with Crippen LogP contribution in [0.3, 0.4) is 0 Å². The molecule has 4 rings (SSSR count). The second-order valence-electron chi connectivity index (χ2n) is 5.89. The predicted octanol–water partition coefficient (Wildman–Crippen LogP) is 3.57. The van der Waals surface area contributed by atoms with Crippen LogP contribution in [0.5, 0.6) is 11.5 Å². The number of nitrogens with zero attached hydrogens (tertiary/aromatic N) is 2. The van der Waals surface area contributed by atoms with E-state index in [2.05, 4.69) is 15.5 Å². The Kier molecular flexibility index (Phi) is 5.68. The van der Waals surface area contributed by atoms with Crippen molar-refractivity contribution in [2.45, 2.75) is 11.8 Å². The van der Waals surface area contributed by atoms with Gasteiger partial charge < -0.3 is 19.2 Å². The summed E-state index contributed by atoms with van der Waals surface area (Å²) in [6, 6.07) is 12.7. The van der Waals surface area contributed by atoms with Crippen LogP contribution in [-0.2, 0) is 11.3 Å². The summed E-state index contributed by atoms with van der Waals surface area (Å²) >= 11 is 7.05. The number of benzene rings is 2. The molecule has 1 amide bonds. The number of carbonyl (C=O) groups excluding carboxylic acids is 1. The summed E-state index contributed by atoms with van der Waals surface area (Å²) in [6.45, 7) is 1.38. The highest BCUT2D eigenvalue weighted by Gasteiger charge is 2.16. The molecule has 2 heterocycles. The van der Waals surface area contributed by atoms with Gasteiger partial charge in [0.25, 0.3) is 5.22 Å². The number of thioether (sulfide) groups is 1. The lowest BCUT2D eigenvalue weighted by Gasteiger charge is -2.21. The molecular formula is C19H16ClN3O4S. The van der Waals surface area contributed by atoms with Crippen molar-refractivity contribution in [3.63, 3.8) is 0 Å². The Morgan fingerprint density at radius 2 is 1.93 bits per heavy atom. The summed E-state index contributed by atoms with van der Waals surface area (Å²) in [6.07, 6.45) is 0. The smallest absolute Gasteiger partial charge is 0.277 e. The number of carbonyl (C=O) groups is 1. The van der Waals surface area contributed by atoms with Gasteiger partial charge in [-0.1, -0.05) is 35.5 Å². The van der Waals surface area contributed by atoms with Crippen LogP contribution in [0, 0.1) is 0 Å². The molecule has 9 heteroatoms. The number of nitrogens with one attached hydrogen (secondary N) is 1. The monoisotopic (exact) mass is 417 g/mol. The summed E-state index contributed by atoms with van der Waals surface area (Å²) in [7, 11) is 0. The van der Waals surface area contributed by atoms with Crippen LogP contribution >= 0.6 is 23.4 Å². The molecular weight excluding hydrogens is 402 g/mol. The lowest BCUT2D eigenvalue weighted by atomic mass is 10.1. The lowest BCUT2D eigenvalue weighted by molar-refractivity contribution is -0.118. The molecule has 0 radical (unpaired) electrons. The van der Waals surface area contributed by atoms with E-state index in [9.17, 15) is 4.79 Å². The Hall–Kier alpha value is -2.71. The van der Waals surface area contributed by atoms with Crippen LogP contribution in [0.15, 0.2) is 52.1 Å². The van der Waals surface area contributed by atoms with Gasteiger partial charge in [-0.05, 0) is 30.3 Å². The zero-order valence-corrected chi connectivity index (χ0v) is 16.3. The third-order valence-electron chi connectivity index (χ3n) is 3.95. The molecule has 2 aromatic carbocycles. The largest absolute Gasteiger partial charge is 0.486 e. The summed E-state index contributed by atoms with van der Waals surface area (Å²) in [4.78, 5) is 12.2. The zero-order valence-electron chi connectivity index (χ0n) is 14.7. The number of aromatic nitrogens is 2. The molecule has 0 bridgehead atoms. The fourth-order valence-electron chi connectivity index (χ4n) is 2.62. The van der Waals surface area contributed by atoms with Crippen LogP contribution in [0.4, 0.5) is 0 Å². The molecule has 144 valence electrons. The van der Waals surface area contributed by atoms with Gasteiger partial charge in [0, 0.05) is 22.7 Å². The van der Waals surface area contributed by atoms with Crippen molar-refractivity contribution in [2.24, 2.45) is 0 Å². The second kappa shape index (κ2) is 8.53. The Morgan fingerprint density at radius 1 is 1.11 bits per heavy atom. The third-order valence-corrected chi connectivity index (χ3v) is 5.02. The van der Waals surface area contributed by atoms with Crippen molar-refractivity contribution < 1.29 is 18.7 Å². The van der Waals surface area contributed by atoms with Crippen LogP contribution in [0.2, 0.25) is 5.02 Å². The van der Waals surface area contributed by atoms with Gasteiger partial charge in [-0.15, -0.1) is 10.2 Å². The third kappa shape index (κ3) is 4.40. The van der Waals surface area contributed by atoms with Crippen molar-refractivity contribution in [3.05, 3.63) is 53.1 Å². The van der Waals surface area contributed by atoms with Gasteiger partial charge in [0.1, 0.15) is 13.2 Å². The molecule has 0 unspecified atom stereocenters. The topological polar surface area (TPSA) is 86.5 Å². The molecule has 0 spiro atoms. The number of hydrogen-bond donors (Lipinski definition) is 1. The van der Waals surface area contributed by atoms with Gasteiger partial charge in [0.05, 0.1) is 5.75 Å². The minimum absolute atomic E-state index is 0.148. The van der Waals surface area contributed by atoms with E-state index >= 15 is 0 Å². The van der Waals surface area contributed by atoms with Gasteiger partial charge >= 0.3 is 0 Å². The first kappa shape index (κ1) is 18.6. The standard InChI is InChI=1S/C19H16ClN3O4S/c20-14-6-4-12(5-7-14)18-22-23-19(27-18)28-11-16(24)21-10-13-2-1-3-15-17(13)26-9-8-25-15/h1-7H,8-11H2,(H,21,24). The van der Waals surface area contributed by atoms with Crippen LogP contribution < -0.4 is 14.8 Å². The fourth-order valence-corrected chi connectivity index (χ4v) is 3.34. The number of hydrogen-bond acceptors (Lipinski definition) is 7. The van der Waals surface area contributed by atoms with E-state index in [4.69, 9.17) is 25.5 Å². The molecule has 1 aliphatic rings. The van der Waals surface area contributed by atoms with E-state index in [0.29, 0.717) is 47.4 Å². The lowest BCUT2D eigenvalue weighted by Crippen LogP contribution is -2.25. The van der Waals surface area contributed by atoms with Crippen molar-refractivity contribution in [3.8, 4) is 23.0 Å². The highest BCUT2D eigenvalue weighted by Crippen LogP contribution is 2.33. The normalized spacial score (nSPS) is 12.6. The maximum atomic E-state index is 12.2. The molecule has 1 aromatic heterocycles. The molecule has 0 aliphatic carbocycles. The van der Waals surface area contributed by atoms with Crippen LogP contribution in [0.1, 0.15) is 5.56 Å². The van der Waals surface area contributed by atoms with Crippen molar-refractivity contribution in [1.29, 1.82) is 0 Å². The number of rotatable bonds is 6. The summed E-state index contributed by atoms with van der Waals surface area (Å²) in [5, 5.41) is 11.8.